The number of hydrogen-bond donors (Lipinski definition) is 0. The van der Waals surface area contributed by atoms with Gasteiger partial charge in [0.2, 0.25) is 0 Å². The zero-order chi connectivity index (χ0) is 34.8. The van der Waals surface area contributed by atoms with Crippen molar-refractivity contribution in [3.05, 3.63) is 150 Å². The number of nitrogens with zero attached hydrogens (tertiary/aromatic N) is 2. The van der Waals surface area contributed by atoms with Crippen LogP contribution in [0.15, 0.2) is 132 Å². The number of rotatable bonds is 2. The maximum atomic E-state index is 14.5. The van der Waals surface area contributed by atoms with Crippen molar-refractivity contribution in [2.24, 2.45) is 0 Å². The van der Waals surface area contributed by atoms with E-state index in [0.29, 0.717) is 0 Å². The van der Waals surface area contributed by atoms with E-state index >= 15 is 0 Å². The molecule has 3 heterocycles. The van der Waals surface area contributed by atoms with Gasteiger partial charge in [-0.1, -0.05) is 81.4 Å². The van der Waals surface area contributed by atoms with Crippen LogP contribution in [-0.2, 0) is 5.41 Å². The van der Waals surface area contributed by atoms with E-state index in [-0.39, 0.29) is 23.8 Å². The number of fused-ring (bicyclic) bond motifs is 10. The van der Waals surface area contributed by atoms with E-state index in [1.54, 1.807) is 0 Å². The molecule has 1 aromatic heterocycles. The Hall–Kier alpha value is -5.88. The Labute approximate surface area is 295 Å². The van der Waals surface area contributed by atoms with E-state index in [0.717, 1.165) is 88.8 Å². The van der Waals surface area contributed by atoms with Crippen molar-refractivity contribution in [3.8, 4) is 0 Å². The van der Waals surface area contributed by atoms with Crippen LogP contribution in [0.2, 0.25) is 0 Å². The summed E-state index contributed by atoms with van der Waals surface area (Å²) in [7, 11) is 0. The molecule has 0 N–H and O–H groups in total. The van der Waals surface area contributed by atoms with Gasteiger partial charge < -0.3 is 14.2 Å². The van der Waals surface area contributed by atoms with Gasteiger partial charge in [-0.2, -0.15) is 0 Å². The minimum atomic E-state index is -0.291. The highest BCUT2D eigenvalue weighted by Gasteiger charge is 2.45. The molecule has 6 heteroatoms. The number of furan rings is 1. The molecule has 0 fully saturated rings. The lowest BCUT2D eigenvalue weighted by Crippen LogP contribution is -2.61. The molecule has 0 saturated carbocycles. The predicted octanol–water partition coefficient (Wildman–Crippen LogP) is 10.7. The van der Waals surface area contributed by atoms with Crippen molar-refractivity contribution < 1.29 is 13.2 Å². The number of benzene rings is 7. The Morgan fingerprint density at radius 3 is 1.88 bits per heavy atom. The van der Waals surface area contributed by atoms with Crippen LogP contribution in [0, 0.1) is 18.6 Å². The average molecular weight is 667 g/mol. The van der Waals surface area contributed by atoms with E-state index in [9.17, 15) is 8.78 Å². The molecule has 3 nitrogen and oxygen atoms in total. The van der Waals surface area contributed by atoms with Gasteiger partial charge in [-0.25, -0.2) is 8.78 Å². The van der Waals surface area contributed by atoms with E-state index < -0.39 is 0 Å². The first kappa shape index (κ1) is 30.0. The van der Waals surface area contributed by atoms with Crippen molar-refractivity contribution in [1.29, 1.82) is 0 Å². The van der Waals surface area contributed by atoms with E-state index in [1.165, 1.54) is 29.8 Å². The summed E-state index contributed by atoms with van der Waals surface area (Å²) in [5.74, 6) is -0.570. The summed E-state index contributed by atoms with van der Waals surface area (Å²) in [6, 6.07) is 41.7. The molecule has 246 valence electrons. The average Bonchev–Trinajstić information content (AvgIpc) is 3.51. The Kier molecular flexibility index (Phi) is 6.21. The molecule has 2 aliphatic heterocycles. The molecule has 0 aliphatic carbocycles. The van der Waals surface area contributed by atoms with Crippen molar-refractivity contribution in [1.82, 2.24) is 0 Å². The number of aryl methyl sites for hydroxylation is 1. The van der Waals surface area contributed by atoms with Crippen molar-refractivity contribution >= 4 is 89.9 Å². The lowest BCUT2D eigenvalue weighted by Gasteiger charge is -2.44. The molecule has 0 spiro atoms. The summed E-state index contributed by atoms with van der Waals surface area (Å²) in [5, 5.41) is 4.43. The summed E-state index contributed by atoms with van der Waals surface area (Å²) in [6.07, 6.45) is 0. The van der Waals surface area contributed by atoms with Crippen LogP contribution in [0.3, 0.4) is 0 Å². The molecule has 0 amide bonds. The first-order valence-electron chi connectivity index (χ1n) is 17.4. The van der Waals surface area contributed by atoms with Crippen LogP contribution in [-0.4, -0.2) is 6.71 Å². The lowest BCUT2D eigenvalue weighted by molar-refractivity contribution is 0.594. The third-order valence-electron chi connectivity index (χ3n) is 10.7. The number of anilines is 6. The molecule has 2 aliphatic rings. The molecule has 0 radical (unpaired) electrons. The standard InChI is InChI=1S/C45H33BF2N2O/c1-26-24-37-41-38(25-26)50(31-19-15-29(48)16-20-31)43-36(23-21-33-40-34(45(2,3)4)10-7-11-39(40)51-44(33)43)46(41)35-22-12-27-8-5-6-9-32(27)42(35)49(37)30-17-13-28(47)14-18-30/h5-25H,1-4H3. The van der Waals surface area contributed by atoms with Gasteiger partial charge in [0.15, 0.2) is 5.58 Å². The summed E-state index contributed by atoms with van der Waals surface area (Å²) < 4.78 is 35.9. The van der Waals surface area contributed by atoms with Crippen molar-refractivity contribution in [3.63, 3.8) is 0 Å². The molecule has 8 aromatic rings. The SMILES string of the molecule is Cc1cc2c3c(c1)N(c1ccc(F)cc1)c1c(ccc4c1oc1cccc(C(C)(C)C)c14)B3c1ccc3ccccc3c1N2c1ccc(F)cc1. The van der Waals surface area contributed by atoms with Gasteiger partial charge in [0.05, 0.1) is 5.69 Å². The summed E-state index contributed by atoms with van der Waals surface area (Å²) in [5.41, 5.74) is 13.0. The fraction of sp³-hybridized carbons (Fsp3) is 0.111. The van der Waals surface area contributed by atoms with Gasteiger partial charge in [0, 0.05) is 44.6 Å². The molecule has 0 saturated heterocycles. The monoisotopic (exact) mass is 666 g/mol. The molecule has 0 bridgehead atoms. The van der Waals surface area contributed by atoms with Crippen LogP contribution in [0.1, 0.15) is 31.9 Å². The smallest absolute Gasteiger partial charge is 0.252 e. The van der Waals surface area contributed by atoms with Crippen molar-refractivity contribution in [2.75, 3.05) is 9.80 Å². The predicted molar refractivity (Wildman–Crippen MR) is 209 cm³/mol. The highest BCUT2D eigenvalue weighted by molar-refractivity contribution is 7.00. The van der Waals surface area contributed by atoms with E-state index in [2.05, 4.69) is 116 Å². The van der Waals surface area contributed by atoms with Crippen molar-refractivity contribution in [2.45, 2.75) is 33.1 Å². The van der Waals surface area contributed by atoms with Gasteiger partial charge in [0.1, 0.15) is 17.2 Å². The van der Waals surface area contributed by atoms with Gasteiger partial charge >= 0.3 is 0 Å². The van der Waals surface area contributed by atoms with E-state index in [1.807, 2.05) is 24.3 Å². The molecule has 7 aromatic carbocycles. The van der Waals surface area contributed by atoms with Crippen LogP contribution < -0.4 is 26.2 Å². The Balaban J connectivity index is 1.37. The second-order valence-corrected chi connectivity index (χ2v) is 14.9. The normalized spacial score (nSPS) is 13.6. The highest BCUT2D eigenvalue weighted by atomic mass is 19.1. The fourth-order valence-electron chi connectivity index (χ4n) is 8.60. The van der Waals surface area contributed by atoms with Gasteiger partial charge in [-0.05, 0) is 112 Å². The molecular formula is C45H33BF2N2O. The molecule has 10 rings (SSSR count). The largest absolute Gasteiger partial charge is 0.454 e. The minimum absolute atomic E-state index is 0.103. The zero-order valence-electron chi connectivity index (χ0n) is 28.8. The quantitative estimate of drug-likeness (QED) is 0.171. The molecule has 0 atom stereocenters. The minimum Gasteiger partial charge on any atom is -0.454 e. The molecular weight excluding hydrogens is 633 g/mol. The Morgan fingerprint density at radius 2 is 1.22 bits per heavy atom. The van der Waals surface area contributed by atoms with Crippen LogP contribution >= 0.6 is 0 Å². The molecule has 0 unspecified atom stereocenters. The summed E-state index contributed by atoms with van der Waals surface area (Å²) in [4.78, 5) is 4.55. The number of halogens is 2. The Bertz CT molecular complexity index is 2730. The maximum absolute atomic E-state index is 14.5. The van der Waals surface area contributed by atoms with E-state index in [4.69, 9.17) is 4.42 Å². The molecule has 51 heavy (non-hydrogen) atoms. The topological polar surface area (TPSA) is 19.6 Å². The second-order valence-electron chi connectivity index (χ2n) is 14.9. The highest BCUT2D eigenvalue weighted by Crippen LogP contribution is 2.49. The maximum Gasteiger partial charge on any atom is 0.252 e. The number of hydrogen-bond acceptors (Lipinski definition) is 3. The first-order chi connectivity index (χ1) is 24.7. The first-order valence-corrected chi connectivity index (χ1v) is 17.4. The van der Waals surface area contributed by atoms with Crippen LogP contribution in [0.25, 0.3) is 32.7 Å². The third-order valence-corrected chi connectivity index (χ3v) is 10.7. The van der Waals surface area contributed by atoms with Gasteiger partial charge in [-0.15, -0.1) is 0 Å². The second kappa shape index (κ2) is 10.6. The summed E-state index contributed by atoms with van der Waals surface area (Å²) >= 11 is 0. The van der Waals surface area contributed by atoms with Crippen LogP contribution in [0.4, 0.5) is 42.9 Å². The summed E-state index contributed by atoms with van der Waals surface area (Å²) in [6.45, 7) is 8.68. The lowest BCUT2D eigenvalue weighted by atomic mass is 9.33. The van der Waals surface area contributed by atoms with Crippen LogP contribution in [0.5, 0.6) is 0 Å². The Morgan fingerprint density at radius 1 is 0.608 bits per heavy atom. The zero-order valence-corrected chi connectivity index (χ0v) is 28.8. The fourth-order valence-corrected chi connectivity index (χ4v) is 8.60. The van der Waals surface area contributed by atoms with Gasteiger partial charge in [0.25, 0.3) is 6.71 Å². The third kappa shape index (κ3) is 4.29. The van der Waals surface area contributed by atoms with Gasteiger partial charge in [-0.3, -0.25) is 0 Å².